The van der Waals surface area contributed by atoms with E-state index in [-0.39, 0.29) is 13.2 Å². The lowest BCUT2D eigenvalue weighted by Crippen LogP contribution is -2.30. The van der Waals surface area contributed by atoms with Crippen LogP contribution < -0.4 is 11.1 Å². The molecule has 0 atom stereocenters. The van der Waals surface area contributed by atoms with Gasteiger partial charge in [-0.1, -0.05) is 12.1 Å². The van der Waals surface area contributed by atoms with Crippen LogP contribution in [0.5, 0.6) is 0 Å². The van der Waals surface area contributed by atoms with E-state index < -0.39 is 0 Å². The molecule has 0 fully saturated rings. The van der Waals surface area contributed by atoms with Crippen LogP contribution in [-0.4, -0.2) is 54.9 Å². The summed E-state index contributed by atoms with van der Waals surface area (Å²) in [6, 6.07) is 11.6. The minimum absolute atomic E-state index is 0.0908. The molecule has 0 spiro atoms. The van der Waals surface area contributed by atoms with Crippen LogP contribution in [0.4, 0.5) is 11.4 Å². The number of aliphatic imine (C=N–C) groups is 3. The fraction of sp³-hybridized carbons (Fsp3) is 0.0952. The van der Waals surface area contributed by atoms with Gasteiger partial charge in [0.2, 0.25) is 0 Å². The highest BCUT2D eigenvalue weighted by Gasteiger charge is 2.20. The standard InChI is InChI=1S/C21H19N9O/c22-14-11-15(26-16-12-24-29-8-3-1-5-18(16)29)21(28-20(14)23-7-10-31)27-17-13-25-30-9-4-2-6-19(17)30/h1-6,8-9,11-13,31H,7,10,22H2,(H,23,27,28). The van der Waals surface area contributed by atoms with Gasteiger partial charge in [0.25, 0.3) is 0 Å². The molecular formula is C21H19N9O. The predicted octanol–water partition coefficient (Wildman–Crippen LogP) is 1.81. The first-order valence-corrected chi connectivity index (χ1v) is 9.65. The van der Waals surface area contributed by atoms with E-state index in [9.17, 15) is 0 Å². The number of hydrogen-bond acceptors (Lipinski definition) is 7. The molecule has 154 valence electrons. The molecule has 0 aliphatic carbocycles. The van der Waals surface area contributed by atoms with Crippen molar-refractivity contribution in [3.63, 3.8) is 0 Å². The summed E-state index contributed by atoms with van der Waals surface area (Å²) >= 11 is 0. The van der Waals surface area contributed by atoms with Gasteiger partial charge in [-0.05, 0) is 30.3 Å². The largest absolute Gasteiger partial charge is 0.396 e. The Morgan fingerprint density at radius 1 is 1.00 bits per heavy atom. The van der Waals surface area contributed by atoms with Crippen LogP contribution in [0, 0.1) is 0 Å². The Morgan fingerprint density at radius 2 is 1.74 bits per heavy atom. The van der Waals surface area contributed by atoms with Crippen molar-refractivity contribution in [3.05, 3.63) is 73.0 Å². The van der Waals surface area contributed by atoms with Crippen LogP contribution in [-0.2, 0) is 0 Å². The number of pyridine rings is 2. The van der Waals surface area contributed by atoms with Crippen LogP contribution in [0.2, 0.25) is 0 Å². The van der Waals surface area contributed by atoms with Crippen molar-refractivity contribution < 1.29 is 5.11 Å². The van der Waals surface area contributed by atoms with Crippen molar-refractivity contribution in [2.45, 2.75) is 0 Å². The molecule has 10 heteroatoms. The second kappa shape index (κ2) is 7.84. The van der Waals surface area contributed by atoms with Crippen LogP contribution >= 0.6 is 0 Å². The first-order chi connectivity index (χ1) is 15.2. The van der Waals surface area contributed by atoms with E-state index in [1.807, 2.05) is 48.8 Å². The number of aromatic nitrogens is 4. The fourth-order valence-electron chi connectivity index (χ4n) is 3.26. The summed E-state index contributed by atoms with van der Waals surface area (Å²) in [5.74, 6) is 0.812. The summed E-state index contributed by atoms with van der Waals surface area (Å²) < 4.78 is 3.51. The SMILES string of the molecule is NC1=CC(=Nc2cnn3ccccc23)C(Nc2cnn3ccccc23)=NC1=NCCO. The van der Waals surface area contributed by atoms with E-state index in [4.69, 9.17) is 15.8 Å². The number of rotatable bonds is 4. The van der Waals surface area contributed by atoms with Gasteiger partial charge in [0.05, 0.1) is 48.0 Å². The number of aliphatic hydroxyl groups is 1. The molecule has 4 N–H and O–H groups in total. The lowest BCUT2D eigenvalue weighted by molar-refractivity contribution is 0.307. The highest BCUT2D eigenvalue weighted by Crippen LogP contribution is 2.22. The Labute approximate surface area is 176 Å². The second-order valence-electron chi connectivity index (χ2n) is 6.76. The van der Waals surface area contributed by atoms with Crippen molar-refractivity contribution in [1.29, 1.82) is 0 Å². The second-order valence-corrected chi connectivity index (χ2v) is 6.76. The number of fused-ring (bicyclic) bond motifs is 2. The minimum atomic E-state index is -0.0908. The van der Waals surface area contributed by atoms with Gasteiger partial charge in [-0.15, -0.1) is 0 Å². The average molecular weight is 413 g/mol. The first kappa shape index (κ1) is 18.7. The molecule has 5 rings (SSSR count). The lowest BCUT2D eigenvalue weighted by atomic mass is 10.2. The number of hydrogen-bond donors (Lipinski definition) is 3. The average Bonchev–Trinajstić information content (AvgIpc) is 3.39. The number of anilines is 1. The molecular weight excluding hydrogens is 394 g/mol. The molecule has 1 aliphatic heterocycles. The lowest BCUT2D eigenvalue weighted by Gasteiger charge is -2.15. The van der Waals surface area contributed by atoms with Crippen molar-refractivity contribution in [1.82, 2.24) is 19.2 Å². The zero-order valence-corrected chi connectivity index (χ0v) is 16.4. The van der Waals surface area contributed by atoms with Crippen molar-refractivity contribution in [2.24, 2.45) is 20.7 Å². The van der Waals surface area contributed by atoms with Crippen molar-refractivity contribution in [2.75, 3.05) is 18.5 Å². The summed E-state index contributed by atoms with van der Waals surface area (Å²) in [7, 11) is 0. The topological polar surface area (TPSA) is 130 Å². The monoisotopic (exact) mass is 413 g/mol. The Bertz CT molecular complexity index is 1390. The number of aliphatic hydroxyl groups excluding tert-OH is 1. The summed E-state index contributed by atoms with van der Waals surface area (Å²) in [5, 5.41) is 21.1. The summed E-state index contributed by atoms with van der Waals surface area (Å²) in [5.41, 5.74) is 10.3. The van der Waals surface area contributed by atoms with Crippen molar-refractivity contribution in [3.8, 4) is 0 Å². The van der Waals surface area contributed by atoms with E-state index in [0.717, 1.165) is 16.7 Å². The van der Waals surface area contributed by atoms with Gasteiger partial charge in [0.15, 0.2) is 11.7 Å². The molecule has 0 saturated carbocycles. The maximum atomic E-state index is 9.12. The molecule has 1 aliphatic rings. The number of nitrogens with two attached hydrogens (primary N) is 1. The van der Waals surface area contributed by atoms with Gasteiger partial charge in [-0.3, -0.25) is 4.99 Å². The third-order valence-corrected chi connectivity index (χ3v) is 4.70. The van der Waals surface area contributed by atoms with Crippen LogP contribution in [0.3, 0.4) is 0 Å². The van der Waals surface area contributed by atoms with Gasteiger partial charge in [0, 0.05) is 12.4 Å². The van der Waals surface area contributed by atoms with Gasteiger partial charge in [-0.25, -0.2) is 19.0 Å². The van der Waals surface area contributed by atoms with Gasteiger partial charge >= 0.3 is 0 Å². The maximum Gasteiger partial charge on any atom is 0.173 e. The Balaban J connectivity index is 1.59. The zero-order valence-electron chi connectivity index (χ0n) is 16.4. The Kier molecular flexibility index (Phi) is 4.73. The molecule has 31 heavy (non-hydrogen) atoms. The number of nitrogens with zero attached hydrogens (tertiary/aromatic N) is 7. The van der Waals surface area contributed by atoms with E-state index in [1.54, 1.807) is 27.5 Å². The van der Waals surface area contributed by atoms with Crippen LogP contribution in [0.1, 0.15) is 0 Å². The summed E-state index contributed by atoms with van der Waals surface area (Å²) in [6.45, 7) is 0.115. The molecule has 5 heterocycles. The predicted molar refractivity (Wildman–Crippen MR) is 120 cm³/mol. The normalized spacial score (nSPS) is 16.8. The molecule has 4 aromatic heterocycles. The summed E-state index contributed by atoms with van der Waals surface area (Å²) in [6.07, 6.45) is 8.84. The molecule has 0 bridgehead atoms. The Morgan fingerprint density at radius 3 is 2.55 bits per heavy atom. The highest BCUT2D eigenvalue weighted by molar-refractivity contribution is 6.53. The molecule has 10 nitrogen and oxygen atoms in total. The zero-order chi connectivity index (χ0) is 21.2. The van der Waals surface area contributed by atoms with E-state index in [0.29, 0.717) is 28.8 Å². The number of amidine groups is 2. The molecule has 0 saturated heterocycles. The molecule has 0 aromatic carbocycles. The van der Waals surface area contributed by atoms with Crippen LogP contribution in [0.25, 0.3) is 11.0 Å². The third kappa shape index (κ3) is 3.55. The molecule has 0 radical (unpaired) electrons. The van der Waals surface area contributed by atoms with E-state index in [1.165, 1.54) is 0 Å². The van der Waals surface area contributed by atoms with Gasteiger partial charge in [-0.2, -0.15) is 10.2 Å². The molecule has 4 aromatic rings. The smallest absolute Gasteiger partial charge is 0.173 e. The highest BCUT2D eigenvalue weighted by atomic mass is 16.3. The Hall–Kier alpha value is -4.31. The number of nitrogens with one attached hydrogen (secondary N) is 1. The minimum Gasteiger partial charge on any atom is -0.396 e. The van der Waals surface area contributed by atoms with E-state index >= 15 is 0 Å². The fourth-order valence-corrected chi connectivity index (χ4v) is 3.26. The third-order valence-electron chi connectivity index (χ3n) is 4.70. The van der Waals surface area contributed by atoms with E-state index in [2.05, 4.69) is 25.5 Å². The first-order valence-electron chi connectivity index (χ1n) is 9.65. The summed E-state index contributed by atoms with van der Waals surface area (Å²) in [4.78, 5) is 13.6. The van der Waals surface area contributed by atoms with Gasteiger partial charge in [0.1, 0.15) is 11.4 Å². The molecule has 0 amide bonds. The van der Waals surface area contributed by atoms with Crippen molar-refractivity contribution >= 4 is 39.8 Å². The quantitative estimate of drug-likeness (QED) is 0.470. The van der Waals surface area contributed by atoms with Crippen LogP contribution in [0.15, 0.2) is 87.9 Å². The number of dihydropyridines is 1. The molecule has 0 unspecified atom stereocenters. The van der Waals surface area contributed by atoms with Gasteiger partial charge < -0.3 is 16.2 Å². The maximum absolute atomic E-state index is 9.12.